The molecule has 110 valence electrons. The smallest absolute Gasteiger partial charge is 0.270 e. The Morgan fingerprint density at radius 3 is 2.71 bits per heavy atom. The summed E-state index contributed by atoms with van der Waals surface area (Å²) in [5.41, 5.74) is 1.33. The number of benzene rings is 2. The molecule has 2 aromatic carbocycles. The number of hydrogen-bond acceptors (Lipinski definition) is 4. The van der Waals surface area contributed by atoms with Gasteiger partial charge in [-0.05, 0) is 40.2 Å². The first kappa shape index (κ1) is 15.2. The van der Waals surface area contributed by atoms with Gasteiger partial charge in [-0.15, -0.1) is 0 Å². The summed E-state index contributed by atoms with van der Waals surface area (Å²) in [6.07, 6.45) is 0. The Bertz CT molecular complexity index is 679. The maximum absolute atomic E-state index is 13.2. The van der Waals surface area contributed by atoms with Crippen molar-refractivity contribution in [1.82, 2.24) is 0 Å². The highest BCUT2D eigenvalue weighted by Crippen LogP contribution is 2.26. The van der Waals surface area contributed by atoms with E-state index in [1.54, 1.807) is 18.2 Å². The van der Waals surface area contributed by atoms with Gasteiger partial charge in [-0.25, -0.2) is 4.39 Å². The zero-order valence-corrected chi connectivity index (χ0v) is 12.7. The van der Waals surface area contributed by atoms with Gasteiger partial charge in [0.2, 0.25) is 0 Å². The monoisotopic (exact) mass is 354 g/mol. The molecule has 0 bridgehead atoms. The van der Waals surface area contributed by atoms with E-state index in [0.29, 0.717) is 28.0 Å². The third-order valence-corrected chi connectivity index (χ3v) is 3.49. The molecule has 0 heterocycles. The fourth-order valence-corrected chi connectivity index (χ4v) is 2.20. The average molecular weight is 355 g/mol. The van der Waals surface area contributed by atoms with Crippen LogP contribution in [0, 0.1) is 15.9 Å². The van der Waals surface area contributed by atoms with Gasteiger partial charge in [0.15, 0.2) is 0 Å². The maximum atomic E-state index is 13.2. The van der Waals surface area contributed by atoms with E-state index in [-0.39, 0.29) is 11.5 Å². The number of nitrogens with zero attached hydrogens (tertiary/aromatic N) is 1. The zero-order valence-electron chi connectivity index (χ0n) is 11.1. The van der Waals surface area contributed by atoms with Crippen LogP contribution in [0.4, 0.5) is 15.8 Å². The van der Waals surface area contributed by atoms with Crippen LogP contribution in [-0.2, 0) is 6.54 Å². The van der Waals surface area contributed by atoms with Crippen molar-refractivity contribution >= 4 is 27.3 Å². The van der Waals surface area contributed by atoms with E-state index >= 15 is 0 Å². The standard InChI is InChI=1S/C14H12BrFN2O3/c1-21-14-5-3-11(18(19)20)6-9(14)8-17-10-2-4-13(16)12(15)7-10/h2-7,17H,8H2,1H3. The van der Waals surface area contributed by atoms with Crippen molar-refractivity contribution in [1.29, 1.82) is 0 Å². The fourth-order valence-electron chi connectivity index (χ4n) is 1.82. The molecule has 0 fully saturated rings. The lowest BCUT2D eigenvalue weighted by Gasteiger charge is -2.11. The number of nitro groups is 1. The van der Waals surface area contributed by atoms with E-state index in [0.717, 1.165) is 0 Å². The molecule has 0 aliphatic carbocycles. The van der Waals surface area contributed by atoms with Crippen LogP contribution in [-0.4, -0.2) is 12.0 Å². The molecule has 0 aliphatic heterocycles. The Morgan fingerprint density at radius 1 is 1.33 bits per heavy atom. The second kappa shape index (κ2) is 6.53. The minimum absolute atomic E-state index is 0.00659. The molecule has 0 saturated carbocycles. The Kier molecular flexibility index (Phi) is 4.74. The quantitative estimate of drug-likeness (QED) is 0.647. The molecule has 21 heavy (non-hydrogen) atoms. The number of methoxy groups -OCH3 is 1. The van der Waals surface area contributed by atoms with Crippen molar-refractivity contribution in [2.24, 2.45) is 0 Å². The van der Waals surface area contributed by atoms with Crippen LogP contribution in [0.25, 0.3) is 0 Å². The summed E-state index contributed by atoms with van der Waals surface area (Å²) in [5, 5.41) is 13.9. The van der Waals surface area contributed by atoms with Crippen LogP contribution in [0.3, 0.4) is 0 Å². The highest BCUT2D eigenvalue weighted by Gasteiger charge is 2.11. The third kappa shape index (κ3) is 3.69. The van der Waals surface area contributed by atoms with Crippen LogP contribution >= 0.6 is 15.9 Å². The number of non-ortho nitro benzene ring substituents is 1. The first-order valence-electron chi connectivity index (χ1n) is 6.01. The topological polar surface area (TPSA) is 64.4 Å². The number of anilines is 1. The first-order chi connectivity index (χ1) is 10.0. The van der Waals surface area contributed by atoms with Gasteiger partial charge in [0.25, 0.3) is 5.69 Å². The van der Waals surface area contributed by atoms with Crippen molar-refractivity contribution in [2.75, 3.05) is 12.4 Å². The molecule has 0 aromatic heterocycles. The summed E-state index contributed by atoms with van der Waals surface area (Å²) < 4.78 is 18.7. The molecule has 0 atom stereocenters. The summed E-state index contributed by atoms with van der Waals surface area (Å²) in [6, 6.07) is 8.90. The SMILES string of the molecule is COc1ccc([N+](=O)[O-])cc1CNc1ccc(F)c(Br)c1. The predicted molar refractivity (Wildman–Crippen MR) is 81.1 cm³/mol. The molecule has 0 amide bonds. The van der Waals surface area contributed by atoms with Gasteiger partial charge in [-0.1, -0.05) is 0 Å². The van der Waals surface area contributed by atoms with E-state index in [1.807, 2.05) is 0 Å². The van der Waals surface area contributed by atoms with Gasteiger partial charge in [0.05, 0.1) is 16.5 Å². The largest absolute Gasteiger partial charge is 0.496 e. The summed E-state index contributed by atoms with van der Waals surface area (Å²) in [5.74, 6) is 0.197. The van der Waals surface area contributed by atoms with E-state index in [2.05, 4.69) is 21.2 Å². The van der Waals surface area contributed by atoms with Crippen LogP contribution in [0.5, 0.6) is 5.75 Å². The van der Waals surface area contributed by atoms with Gasteiger partial charge in [0, 0.05) is 29.9 Å². The summed E-state index contributed by atoms with van der Waals surface area (Å²) in [7, 11) is 1.50. The van der Waals surface area contributed by atoms with Crippen molar-refractivity contribution < 1.29 is 14.1 Å². The van der Waals surface area contributed by atoms with Gasteiger partial charge in [0.1, 0.15) is 11.6 Å². The first-order valence-corrected chi connectivity index (χ1v) is 6.81. The second-order valence-corrected chi connectivity index (χ2v) is 5.09. The number of hydrogen-bond donors (Lipinski definition) is 1. The number of halogens is 2. The molecule has 0 unspecified atom stereocenters. The van der Waals surface area contributed by atoms with Gasteiger partial charge in [-0.3, -0.25) is 10.1 Å². The third-order valence-electron chi connectivity index (χ3n) is 2.88. The van der Waals surface area contributed by atoms with Crippen LogP contribution in [0.1, 0.15) is 5.56 Å². The van der Waals surface area contributed by atoms with Gasteiger partial charge < -0.3 is 10.1 Å². The second-order valence-electron chi connectivity index (χ2n) is 4.24. The number of nitro benzene ring substituents is 1. The lowest BCUT2D eigenvalue weighted by molar-refractivity contribution is -0.384. The number of nitrogens with one attached hydrogen (secondary N) is 1. The molecule has 2 aromatic rings. The van der Waals surface area contributed by atoms with Gasteiger partial charge >= 0.3 is 0 Å². The highest BCUT2D eigenvalue weighted by atomic mass is 79.9. The molecule has 0 aliphatic rings. The van der Waals surface area contributed by atoms with Crippen molar-refractivity contribution in [3.8, 4) is 5.75 Å². The zero-order chi connectivity index (χ0) is 15.4. The Labute approximate surface area is 129 Å². The Morgan fingerprint density at radius 2 is 2.10 bits per heavy atom. The number of ether oxygens (including phenoxy) is 1. The number of rotatable bonds is 5. The molecule has 5 nitrogen and oxygen atoms in total. The van der Waals surface area contributed by atoms with E-state index in [1.165, 1.54) is 25.3 Å². The van der Waals surface area contributed by atoms with E-state index < -0.39 is 4.92 Å². The van der Waals surface area contributed by atoms with Crippen molar-refractivity contribution in [3.63, 3.8) is 0 Å². The molecule has 0 radical (unpaired) electrons. The maximum Gasteiger partial charge on any atom is 0.270 e. The highest BCUT2D eigenvalue weighted by molar-refractivity contribution is 9.10. The van der Waals surface area contributed by atoms with Gasteiger partial charge in [-0.2, -0.15) is 0 Å². The molecular formula is C14H12BrFN2O3. The minimum Gasteiger partial charge on any atom is -0.496 e. The van der Waals surface area contributed by atoms with Crippen LogP contribution in [0.2, 0.25) is 0 Å². The fraction of sp³-hybridized carbons (Fsp3) is 0.143. The normalized spacial score (nSPS) is 10.2. The Balaban J connectivity index is 2.19. The predicted octanol–water partition coefficient (Wildman–Crippen LogP) is 4.12. The molecule has 0 saturated heterocycles. The summed E-state index contributed by atoms with van der Waals surface area (Å²) in [6.45, 7) is 0.322. The summed E-state index contributed by atoms with van der Waals surface area (Å²) >= 11 is 3.10. The molecule has 0 spiro atoms. The lowest BCUT2D eigenvalue weighted by Crippen LogP contribution is -2.03. The molecule has 7 heteroatoms. The van der Waals surface area contributed by atoms with E-state index in [4.69, 9.17) is 4.74 Å². The average Bonchev–Trinajstić information content (AvgIpc) is 2.48. The lowest BCUT2D eigenvalue weighted by atomic mass is 10.1. The Hall–Kier alpha value is -2.15. The van der Waals surface area contributed by atoms with Crippen LogP contribution in [0.15, 0.2) is 40.9 Å². The van der Waals surface area contributed by atoms with Crippen molar-refractivity contribution in [2.45, 2.75) is 6.54 Å². The molecular weight excluding hydrogens is 343 g/mol. The minimum atomic E-state index is -0.461. The van der Waals surface area contributed by atoms with Crippen molar-refractivity contribution in [3.05, 3.63) is 62.4 Å². The molecule has 2 rings (SSSR count). The van der Waals surface area contributed by atoms with E-state index in [9.17, 15) is 14.5 Å². The molecule has 1 N–H and O–H groups in total. The van der Waals surface area contributed by atoms with Crippen LogP contribution < -0.4 is 10.1 Å². The summed E-state index contributed by atoms with van der Waals surface area (Å²) in [4.78, 5) is 10.3.